The fraction of sp³-hybridized carbons (Fsp3) is 0. The Kier molecular flexibility index (Phi) is 3.16. The van der Waals surface area contributed by atoms with E-state index in [4.69, 9.17) is 10.2 Å². The Bertz CT molecular complexity index is 894. The zero-order chi connectivity index (χ0) is 14.9. The molecule has 1 aromatic heterocycles. The molecule has 0 saturated heterocycles. The van der Waals surface area contributed by atoms with Gasteiger partial charge in [0.05, 0.1) is 22.0 Å². The van der Waals surface area contributed by atoms with Gasteiger partial charge in [-0.05, 0) is 35.9 Å². The first-order valence-electron chi connectivity index (χ1n) is 6.98. The van der Waals surface area contributed by atoms with Gasteiger partial charge in [-0.3, -0.25) is 0 Å². The number of thioether (sulfide) groups is 1. The Morgan fingerprint density at radius 1 is 1.05 bits per heavy atom. The molecule has 22 heavy (non-hydrogen) atoms. The van der Waals surface area contributed by atoms with Gasteiger partial charge in [-0.2, -0.15) is 0 Å². The van der Waals surface area contributed by atoms with Crippen molar-refractivity contribution in [3.05, 3.63) is 82.0 Å². The summed E-state index contributed by atoms with van der Waals surface area (Å²) < 4.78 is 5.38. The normalized spacial score (nSPS) is 16.5. The summed E-state index contributed by atoms with van der Waals surface area (Å²) in [6.07, 6.45) is 3.80. The van der Waals surface area contributed by atoms with Crippen LogP contribution in [0.5, 0.6) is 0 Å². The van der Waals surface area contributed by atoms with E-state index in [1.54, 1.807) is 18.0 Å². The van der Waals surface area contributed by atoms with Crippen LogP contribution in [0.4, 0.5) is 0 Å². The molecular weight excluding hydrogens is 292 g/mol. The molecule has 1 aliphatic heterocycles. The summed E-state index contributed by atoms with van der Waals surface area (Å²) in [5.74, 6) is 0. The van der Waals surface area contributed by atoms with Crippen LogP contribution in [0, 0.1) is 0 Å². The van der Waals surface area contributed by atoms with Gasteiger partial charge in [0.2, 0.25) is 0 Å². The third-order valence-corrected chi connectivity index (χ3v) is 4.42. The Hall–Kier alpha value is -2.59. The molecule has 0 amide bonds. The lowest BCUT2D eigenvalue weighted by Crippen LogP contribution is -2.06. The van der Waals surface area contributed by atoms with Crippen molar-refractivity contribution in [2.75, 3.05) is 0 Å². The molecule has 108 valence electrons. The fourth-order valence-electron chi connectivity index (χ4n) is 2.48. The van der Waals surface area contributed by atoms with Crippen LogP contribution in [0.25, 0.3) is 22.7 Å². The van der Waals surface area contributed by atoms with E-state index >= 15 is 0 Å². The fourth-order valence-corrected chi connectivity index (χ4v) is 3.34. The number of hydrogen-bond acceptors (Lipinski definition) is 4. The van der Waals surface area contributed by atoms with E-state index in [0.717, 1.165) is 37.9 Å². The molecule has 3 nitrogen and oxygen atoms in total. The topological polar surface area (TPSA) is 51.2 Å². The van der Waals surface area contributed by atoms with E-state index in [2.05, 4.69) is 29.6 Å². The summed E-state index contributed by atoms with van der Waals surface area (Å²) in [5.41, 5.74) is 10.2. The molecule has 0 bridgehead atoms. The molecule has 3 aromatic rings. The third-order valence-electron chi connectivity index (χ3n) is 3.55. The summed E-state index contributed by atoms with van der Waals surface area (Å²) in [4.78, 5) is 0. The number of rotatable bonds is 2. The second-order valence-corrected chi connectivity index (χ2v) is 6.14. The van der Waals surface area contributed by atoms with Gasteiger partial charge in [-0.15, -0.1) is 0 Å². The van der Waals surface area contributed by atoms with E-state index < -0.39 is 0 Å². The van der Waals surface area contributed by atoms with E-state index in [9.17, 15) is 0 Å². The second-order valence-electron chi connectivity index (χ2n) is 5.06. The van der Waals surface area contributed by atoms with Gasteiger partial charge >= 0.3 is 0 Å². The van der Waals surface area contributed by atoms with Crippen molar-refractivity contribution in [2.24, 2.45) is 5.73 Å². The highest BCUT2D eigenvalue weighted by molar-refractivity contribution is 8.07. The molecule has 0 spiro atoms. The average Bonchev–Trinajstić information content (AvgIpc) is 3.14. The first-order valence-corrected chi connectivity index (χ1v) is 7.80. The van der Waals surface area contributed by atoms with Gasteiger partial charge in [-0.1, -0.05) is 42.1 Å². The van der Waals surface area contributed by atoms with Crippen LogP contribution in [0.1, 0.15) is 11.1 Å². The highest BCUT2D eigenvalue weighted by Crippen LogP contribution is 2.36. The zero-order valence-corrected chi connectivity index (χ0v) is 12.6. The first kappa shape index (κ1) is 13.1. The predicted molar refractivity (Wildman–Crippen MR) is 92.5 cm³/mol. The van der Waals surface area contributed by atoms with E-state index in [-0.39, 0.29) is 0 Å². The van der Waals surface area contributed by atoms with Crippen molar-refractivity contribution in [1.82, 2.24) is 5.32 Å². The number of nitrogens with one attached hydrogen (secondary N) is 1. The van der Waals surface area contributed by atoms with Gasteiger partial charge in [-0.25, -0.2) is 0 Å². The monoisotopic (exact) mass is 306 g/mol. The molecule has 0 atom stereocenters. The van der Waals surface area contributed by atoms with E-state index in [1.165, 1.54) is 0 Å². The van der Waals surface area contributed by atoms with E-state index in [1.807, 2.05) is 36.4 Å². The van der Waals surface area contributed by atoms with Crippen LogP contribution in [-0.4, -0.2) is 0 Å². The van der Waals surface area contributed by atoms with E-state index in [0.29, 0.717) is 0 Å². The molecular formula is C18H14N2OS. The molecule has 4 rings (SSSR count). The first-order chi connectivity index (χ1) is 10.8. The molecule has 0 radical (unpaired) electrons. The molecule has 0 saturated carbocycles. The maximum Gasteiger partial charge on any atom is 0.133 e. The molecule has 3 N–H and O–H groups in total. The summed E-state index contributed by atoms with van der Waals surface area (Å²) in [7, 11) is 0. The van der Waals surface area contributed by atoms with Crippen LogP contribution < -0.4 is 11.1 Å². The average molecular weight is 306 g/mol. The molecule has 0 fully saturated rings. The van der Waals surface area contributed by atoms with Crippen LogP contribution in [0.3, 0.4) is 0 Å². The predicted octanol–water partition coefficient (Wildman–Crippen LogP) is 4.35. The third kappa shape index (κ3) is 2.38. The molecule has 0 aliphatic carbocycles. The highest BCUT2D eigenvalue weighted by Gasteiger charge is 2.18. The lowest BCUT2D eigenvalue weighted by Gasteiger charge is -2.05. The SMILES string of the molecule is NC1=C(c2ccc3occc3c2)NC(=Cc2ccccc2)S1. The van der Waals surface area contributed by atoms with Crippen molar-refractivity contribution < 1.29 is 4.42 Å². The minimum Gasteiger partial charge on any atom is -0.464 e. The van der Waals surface area contributed by atoms with Crippen molar-refractivity contribution in [3.8, 4) is 0 Å². The van der Waals surface area contributed by atoms with Crippen molar-refractivity contribution in [3.63, 3.8) is 0 Å². The van der Waals surface area contributed by atoms with Gasteiger partial charge in [0.25, 0.3) is 0 Å². The molecule has 1 aliphatic rings. The highest BCUT2D eigenvalue weighted by atomic mass is 32.2. The zero-order valence-electron chi connectivity index (χ0n) is 11.7. The number of fused-ring (bicyclic) bond motifs is 1. The van der Waals surface area contributed by atoms with Crippen LogP contribution in [-0.2, 0) is 0 Å². The van der Waals surface area contributed by atoms with Crippen LogP contribution in [0.15, 0.2) is 75.3 Å². The molecule has 2 aromatic carbocycles. The number of nitrogens with two attached hydrogens (primary N) is 1. The quantitative estimate of drug-likeness (QED) is 0.739. The van der Waals surface area contributed by atoms with Crippen LogP contribution >= 0.6 is 11.8 Å². The number of furan rings is 1. The molecule has 4 heteroatoms. The van der Waals surface area contributed by atoms with Crippen molar-refractivity contribution in [1.29, 1.82) is 0 Å². The Labute approximate surface area is 132 Å². The minimum absolute atomic E-state index is 0.782. The number of hydrogen-bond donors (Lipinski definition) is 2. The van der Waals surface area contributed by atoms with Gasteiger partial charge in [0, 0.05) is 10.9 Å². The molecule has 2 heterocycles. The Morgan fingerprint density at radius 3 is 2.77 bits per heavy atom. The maximum atomic E-state index is 6.19. The lowest BCUT2D eigenvalue weighted by atomic mass is 10.1. The largest absolute Gasteiger partial charge is 0.464 e. The summed E-state index contributed by atoms with van der Waals surface area (Å²) in [5, 5.41) is 6.30. The van der Waals surface area contributed by atoms with Gasteiger partial charge < -0.3 is 15.5 Å². The standard InChI is InChI=1S/C18H14N2OS/c19-18-17(14-6-7-15-13(11-14)8-9-21-15)20-16(22-18)10-12-4-2-1-3-5-12/h1-11,20H,19H2. The Morgan fingerprint density at radius 2 is 1.91 bits per heavy atom. The van der Waals surface area contributed by atoms with Crippen molar-refractivity contribution in [2.45, 2.75) is 0 Å². The van der Waals surface area contributed by atoms with Gasteiger partial charge in [0.15, 0.2) is 0 Å². The summed E-state index contributed by atoms with van der Waals surface area (Å²) in [6.45, 7) is 0. The van der Waals surface area contributed by atoms with Crippen LogP contribution in [0.2, 0.25) is 0 Å². The number of benzene rings is 2. The smallest absolute Gasteiger partial charge is 0.133 e. The lowest BCUT2D eigenvalue weighted by molar-refractivity contribution is 0.616. The molecule has 0 unspecified atom stereocenters. The second kappa shape index (κ2) is 5.31. The summed E-state index contributed by atoms with van der Waals surface area (Å²) >= 11 is 1.55. The summed E-state index contributed by atoms with van der Waals surface area (Å²) in [6, 6.07) is 18.2. The van der Waals surface area contributed by atoms with Gasteiger partial charge in [0.1, 0.15) is 5.58 Å². The maximum absolute atomic E-state index is 6.19. The Balaban J connectivity index is 1.65. The van der Waals surface area contributed by atoms with Crippen molar-refractivity contribution >= 4 is 34.5 Å². The minimum atomic E-state index is 0.782.